The molecule has 5 nitrogen and oxygen atoms in total. The van der Waals surface area contributed by atoms with E-state index in [1.54, 1.807) is 0 Å². The fraction of sp³-hybridized carbons (Fsp3) is 0.167. The third-order valence-electron chi connectivity index (χ3n) is 3.82. The summed E-state index contributed by atoms with van der Waals surface area (Å²) in [6.07, 6.45) is -9.68. The number of nitrogens with one attached hydrogen (secondary N) is 1. The van der Waals surface area contributed by atoms with Gasteiger partial charge in [0.25, 0.3) is 0 Å². The van der Waals surface area contributed by atoms with Crippen molar-refractivity contribution in [2.75, 3.05) is 17.3 Å². The Morgan fingerprint density at radius 3 is 1.86 bits per heavy atom. The number of amides is 2. The van der Waals surface area contributed by atoms with Crippen molar-refractivity contribution in [2.45, 2.75) is 12.4 Å². The summed E-state index contributed by atoms with van der Waals surface area (Å²) in [6.45, 7) is 0. The molecular formula is C18H10F6N4O. The lowest BCUT2D eigenvalue weighted by Crippen LogP contribution is -2.31. The summed E-state index contributed by atoms with van der Waals surface area (Å²) in [7, 11) is 1.10. The molecule has 2 rings (SSSR count). The van der Waals surface area contributed by atoms with Crippen molar-refractivity contribution < 1.29 is 31.1 Å². The number of nitriles is 2. The number of benzene rings is 2. The van der Waals surface area contributed by atoms with E-state index in [9.17, 15) is 31.1 Å². The van der Waals surface area contributed by atoms with Crippen LogP contribution < -0.4 is 10.2 Å². The Balaban J connectivity index is 2.33. The van der Waals surface area contributed by atoms with E-state index >= 15 is 0 Å². The highest BCUT2D eigenvalue weighted by atomic mass is 19.4. The molecule has 29 heavy (non-hydrogen) atoms. The molecule has 1 N–H and O–H groups in total. The summed E-state index contributed by atoms with van der Waals surface area (Å²) in [4.78, 5) is 13.0. The first-order chi connectivity index (χ1) is 13.4. The predicted octanol–water partition coefficient (Wildman–Crippen LogP) is 5.14. The zero-order valence-electron chi connectivity index (χ0n) is 14.5. The van der Waals surface area contributed by atoms with Crippen LogP contribution in [0.25, 0.3) is 0 Å². The van der Waals surface area contributed by atoms with Gasteiger partial charge in [-0.05, 0) is 36.4 Å². The van der Waals surface area contributed by atoms with Crippen LogP contribution in [0.5, 0.6) is 0 Å². The lowest BCUT2D eigenvalue weighted by atomic mass is 10.1. The molecule has 11 heteroatoms. The molecule has 0 aliphatic carbocycles. The van der Waals surface area contributed by atoms with Gasteiger partial charge in [0.15, 0.2) is 0 Å². The van der Waals surface area contributed by atoms with Crippen LogP contribution in [0.1, 0.15) is 22.3 Å². The fourth-order valence-corrected chi connectivity index (χ4v) is 2.35. The minimum Gasteiger partial charge on any atom is -0.308 e. The zero-order chi connectivity index (χ0) is 22.0. The van der Waals surface area contributed by atoms with Crippen molar-refractivity contribution in [3.05, 3.63) is 58.7 Å². The number of anilines is 2. The molecule has 0 spiro atoms. The zero-order valence-corrected chi connectivity index (χ0v) is 14.5. The number of hydrogen-bond acceptors (Lipinski definition) is 3. The molecule has 0 atom stereocenters. The van der Waals surface area contributed by atoms with Crippen LogP contribution in [-0.2, 0) is 12.4 Å². The highest BCUT2D eigenvalue weighted by Crippen LogP contribution is 2.35. The molecule has 0 bridgehead atoms. The normalized spacial score (nSPS) is 11.3. The summed E-state index contributed by atoms with van der Waals surface area (Å²) >= 11 is 0. The second kappa shape index (κ2) is 7.72. The number of carbonyl (C=O) groups is 1. The SMILES string of the molecule is CN(C(=O)Nc1ccc(C#N)c(C(F)(F)F)c1)c1ccc(C#N)c(C(F)(F)F)c1. The molecule has 0 aromatic heterocycles. The quantitative estimate of drug-likeness (QED) is 0.694. The summed E-state index contributed by atoms with van der Waals surface area (Å²) < 4.78 is 78.1. The van der Waals surface area contributed by atoms with E-state index in [4.69, 9.17) is 10.5 Å². The summed E-state index contributed by atoms with van der Waals surface area (Å²) in [5.74, 6) is 0. The standard InChI is InChI=1S/C18H10F6N4O/c1-28(13-5-3-11(9-26)15(7-13)18(22,23)24)16(29)27-12-4-2-10(8-25)14(6-12)17(19,20)21/h2-7H,1H3,(H,27,29). The Bertz CT molecular complexity index is 1030. The summed E-state index contributed by atoms with van der Waals surface area (Å²) in [5.41, 5.74) is -4.35. The smallest absolute Gasteiger partial charge is 0.308 e. The topological polar surface area (TPSA) is 79.9 Å². The molecule has 0 heterocycles. The molecule has 2 aromatic carbocycles. The van der Waals surface area contributed by atoms with E-state index in [2.05, 4.69) is 5.32 Å². The van der Waals surface area contributed by atoms with Gasteiger partial charge in [-0.3, -0.25) is 4.90 Å². The van der Waals surface area contributed by atoms with Gasteiger partial charge in [-0.2, -0.15) is 36.9 Å². The number of alkyl halides is 6. The average molecular weight is 412 g/mol. The maximum absolute atomic E-state index is 13.1. The Labute approximate surface area is 160 Å². The predicted molar refractivity (Wildman–Crippen MR) is 89.7 cm³/mol. The number of hydrogen-bond donors (Lipinski definition) is 1. The second-order valence-electron chi connectivity index (χ2n) is 5.70. The second-order valence-corrected chi connectivity index (χ2v) is 5.70. The molecule has 150 valence electrons. The van der Waals surface area contributed by atoms with Crippen LogP contribution in [0.4, 0.5) is 42.5 Å². The molecule has 0 fully saturated rings. The molecule has 0 saturated heterocycles. The van der Waals surface area contributed by atoms with Gasteiger partial charge >= 0.3 is 18.4 Å². The Morgan fingerprint density at radius 1 is 0.897 bits per heavy atom. The largest absolute Gasteiger partial charge is 0.417 e. The van der Waals surface area contributed by atoms with Crippen molar-refractivity contribution in [1.82, 2.24) is 0 Å². The summed E-state index contributed by atoms with van der Waals surface area (Å²) in [5, 5.41) is 19.7. The highest BCUT2D eigenvalue weighted by Gasteiger charge is 2.35. The third kappa shape index (κ3) is 4.76. The van der Waals surface area contributed by atoms with Gasteiger partial charge in [-0.1, -0.05) is 0 Å². The monoisotopic (exact) mass is 412 g/mol. The fourth-order valence-electron chi connectivity index (χ4n) is 2.35. The number of nitrogens with zero attached hydrogens (tertiary/aromatic N) is 3. The Morgan fingerprint density at radius 2 is 1.38 bits per heavy atom. The molecule has 2 amide bonds. The Hall–Kier alpha value is -3.73. The van der Waals surface area contributed by atoms with E-state index in [1.165, 1.54) is 12.1 Å². The first-order valence-corrected chi connectivity index (χ1v) is 7.66. The van der Waals surface area contributed by atoms with Gasteiger partial charge < -0.3 is 5.32 Å². The number of rotatable bonds is 2. The molecule has 0 aliphatic heterocycles. The van der Waals surface area contributed by atoms with Crippen molar-refractivity contribution in [3.8, 4) is 12.1 Å². The van der Waals surface area contributed by atoms with Gasteiger partial charge in [-0.15, -0.1) is 0 Å². The molecule has 0 radical (unpaired) electrons. The first-order valence-electron chi connectivity index (χ1n) is 7.66. The van der Waals surface area contributed by atoms with Crippen LogP contribution in [0.15, 0.2) is 36.4 Å². The van der Waals surface area contributed by atoms with Crippen molar-refractivity contribution in [1.29, 1.82) is 10.5 Å². The molecule has 2 aromatic rings. The van der Waals surface area contributed by atoms with E-state index in [1.807, 2.05) is 0 Å². The molecular weight excluding hydrogens is 402 g/mol. The van der Waals surface area contributed by atoms with Crippen molar-refractivity contribution in [3.63, 3.8) is 0 Å². The van der Waals surface area contributed by atoms with Gasteiger partial charge in [0.1, 0.15) is 0 Å². The maximum Gasteiger partial charge on any atom is 0.417 e. The van der Waals surface area contributed by atoms with Crippen molar-refractivity contribution >= 4 is 17.4 Å². The minimum atomic E-state index is -4.84. The van der Waals surface area contributed by atoms with Gasteiger partial charge in [0, 0.05) is 18.4 Å². The van der Waals surface area contributed by atoms with Gasteiger partial charge in [-0.25, -0.2) is 4.79 Å². The minimum absolute atomic E-state index is 0.237. The molecule has 0 aliphatic rings. The lowest BCUT2D eigenvalue weighted by molar-refractivity contribution is -0.138. The third-order valence-corrected chi connectivity index (χ3v) is 3.82. The van der Waals surface area contributed by atoms with E-state index < -0.39 is 40.6 Å². The van der Waals surface area contributed by atoms with Crippen LogP contribution in [0, 0.1) is 22.7 Å². The van der Waals surface area contributed by atoms with Crippen LogP contribution in [-0.4, -0.2) is 13.1 Å². The average Bonchev–Trinajstić information content (AvgIpc) is 2.65. The van der Waals surface area contributed by atoms with E-state index in [0.29, 0.717) is 12.1 Å². The van der Waals surface area contributed by atoms with Crippen LogP contribution in [0.3, 0.4) is 0 Å². The van der Waals surface area contributed by atoms with E-state index in [0.717, 1.165) is 36.2 Å². The first kappa shape index (κ1) is 21.6. The maximum atomic E-state index is 13.1. The number of carbonyl (C=O) groups excluding carboxylic acids is 1. The number of halogens is 6. The summed E-state index contributed by atoms with van der Waals surface area (Å²) in [6, 6.07) is 6.77. The van der Waals surface area contributed by atoms with Gasteiger partial charge in [0.2, 0.25) is 0 Å². The number of urea groups is 1. The lowest BCUT2D eigenvalue weighted by Gasteiger charge is -2.20. The Kier molecular flexibility index (Phi) is 5.74. The van der Waals surface area contributed by atoms with Crippen LogP contribution >= 0.6 is 0 Å². The molecule has 0 unspecified atom stereocenters. The van der Waals surface area contributed by atoms with Crippen LogP contribution in [0.2, 0.25) is 0 Å². The van der Waals surface area contributed by atoms with Crippen molar-refractivity contribution in [2.24, 2.45) is 0 Å². The highest BCUT2D eigenvalue weighted by molar-refractivity contribution is 6.01. The molecule has 0 saturated carbocycles. The van der Waals surface area contributed by atoms with E-state index in [-0.39, 0.29) is 11.4 Å². The van der Waals surface area contributed by atoms with Gasteiger partial charge in [0.05, 0.1) is 34.4 Å².